The van der Waals surface area contributed by atoms with Crippen LogP contribution in [0.3, 0.4) is 0 Å². The van der Waals surface area contributed by atoms with Crippen molar-refractivity contribution in [1.29, 1.82) is 0 Å². The van der Waals surface area contributed by atoms with E-state index in [-0.39, 0.29) is 5.92 Å². The van der Waals surface area contributed by atoms with Crippen molar-refractivity contribution in [3.05, 3.63) is 47.0 Å². The van der Waals surface area contributed by atoms with Gasteiger partial charge in [0.25, 0.3) is 0 Å². The van der Waals surface area contributed by atoms with Gasteiger partial charge in [-0.05, 0) is 12.0 Å². The predicted octanol–water partition coefficient (Wildman–Crippen LogP) is 1.86. The number of hydrogen-bond donors (Lipinski definition) is 1. The van der Waals surface area contributed by atoms with Crippen molar-refractivity contribution >= 4 is 10.0 Å². The first-order valence-electron chi connectivity index (χ1n) is 9.19. The van der Waals surface area contributed by atoms with E-state index in [0.717, 1.165) is 18.1 Å². The molecular formula is C18H25F2N5O2S. The molecule has 28 heavy (non-hydrogen) atoms. The van der Waals surface area contributed by atoms with E-state index in [1.807, 2.05) is 18.4 Å². The molecule has 154 valence electrons. The summed E-state index contributed by atoms with van der Waals surface area (Å²) in [4.78, 5) is 2.07. The second-order valence-corrected chi connectivity index (χ2v) is 9.28. The maximum Gasteiger partial charge on any atom is 0.209 e. The van der Waals surface area contributed by atoms with Gasteiger partial charge in [-0.3, -0.25) is 4.90 Å². The summed E-state index contributed by atoms with van der Waals surface area (Å²) < 4.78 is 55.2. The van der Waals surface area contributed by atoms with Gasteiger partial charge < -0.3 is 4.57 Å². The van der Waals surface area contributed by atoms with Gasteiger partial charge in [-0.1, -0.05) is 19.9 Å². The molecule has 0 bridgehead atoms. The van der Waals surface area contributed by atoms with Gasteiger partial charge in [0.1, 0.15) is 17.5 Å². The van der Waals surface area contributed by atoms with Gasteiger partial charge in [0, 0.05) is 44.2 Å². The second kappa shape index (κ2) is 8.22. The van der Waals surface area contributed by atoms with Crippen molar-refractivity contribution < 1.29 is 17.2 Å². The topological polar surface area (TPSA) is 80.1 Å². The molecule has 0 aliphatic carbocycles. The zero-order valence-corrected chi connectivity index (χ0v) is 17.0. The SMILES string of the molecule is CC(C)C(NS(C)(=O)=O)c1nnc2n1CCN(Cc1ccc(F)cc1F)CC2. The van der Waals surface area contributed by atoms with E-state index in [9.17, 15) is 17.2 Å². The molecule has 0 radical (unpaired) electrons. The smallest absolute Gasteiger partial charge is 0.209 e. The van der Waals surface area contributed by atoms with Gasteiger partial charge in [-0.25, -0.2) is 21.9 Å². The summed E-state index contributed by atoms with van der Waals surface area (Å²) in [5, 5.41) is 8.49. The number of nitrogens with one attached hydrogen (secondary N) is 1. The van der Waals surface area contributed by atoms with Crippen molar-refractivity contribution in [2.45, 2.75) is 39.4 Å². The summed E-state index contributed by atoms with van der Waals surface area (Å²) in [5.74, 6) is 0.214. The third kappa shape index (κ3) is 4.92. The van der Waals surface area contributed by atoms with Crippen molar-refractivity contribution in [3.8, 4) is 0 Å². The second-order valence-electron chi connectivity index (χ2n) is 7.50. The maximum absolute atomic E-state index is 14.0. The van der Waals surface area contributed by atoms with Crippen LogP contribution in [0, 0.1) is 17.6 Å². The highest BCUT2D eigenvalue weighted by atomic mass is 32.2. The Morgan fingerprint density at radius 2 is 1.93 bits per heavy atom. The highest BCUT2D eigenvalue weighted by Gasteiger charge is 2.28. The van der Waals surface area contributed by atoms with Gasteiger partial charge in [-0.2, -0.15) is 0 Å². The Hall–Kier alpha value is -1.91. The Morgan fingerprint density at radius 3 is 2.57 bits per heavy atom. The number of rotatable bonds is 6. The first-order valence-corrected chi connectivity index (χ1v) is 11.1. The van der Waals surface area contributed by atoms with Crippen LogP contribution in [0.1, 0.15) is 37.1 Å². The summed E-state index contributed by atoms with van der Waals surface area (Å²) in [6, 6.07) is 3.14. The molecule has 1 unspecified atom stereocenters. The van der Waals surface area contributed by atoms with Crippen molar-refractivity contribution in [3.63, 3.8) is 0 Å². The van der Waals surface area contributed by atoms with Crippen LogP contribution >= 0.6 is 0 Å². The van der Waals surface area contributed by atoms with E-state index in [4.69, 9.17) is 0 Å². The third-order valence-corrected chi connectivity index (χ3v) is 5.52. The highest BCUT2D eigenvalue weighted by molar-refractivity contribution is 7.88. The number of benzene rings is 1. The standard InChI is InChI=1S/C18H25F2N5O2S/c1-12(2)17(23-28(3,26)27)18-22-21-16-6-7-24(8-9-25(16)18)11-13-4-5-14(19)10-15(13)20/h4-5,10,12,17,23H,6-9,11H2,1-3H3. The van der Waals surface area contributed by atoms with Crippen LogP contribution in [-0.4, -0.2) is 47.4 Å². The summed E-state index contributed by atoms with van der Waals surface area (Å²) >= 11 is 0. The number of sulfonamides is 1. The van der Waals surface area contributed by atoms with Crippen molar-refractivity contribution in [2.75, 3.05) is 19.3 Å². The summed E-state index contributed by atoms with van der Waals surface area (Å²) in [7, 11) is -3.40. The maximum atomic E-state index is 14.0. The molecule has 1 atom stereocenters. The fourth-order valence-electron chi connectivity index (χ4n) is 3.39. The van der Waals surface area contributed by atoms with Crippen LogP contribution in [0.2, 0.25) is 0 Å². The van der Waals surface area contributed by atoms with Crippen LogP contribution in [0.4, 0.5) is 8.78 Å². The monoisotopic (exact) mass is 413 g/mol. The van der Waals surface area contributed by atoms with Crippen LogP contribution in [-0.2, 0) is 29.5 Å². The molecule has 3 rings (SSSR count). The van der Waals surface area contributed by atoms with Crippen LogP contribution in [0.15, 0.2) is 18.2 Å². The molecule has 1 aliphatic rings. The van der Waals surface area contributed by atoms with E-state index in [0.29, 0.717) is 44.0 Å². The van der Waals surface area contributed by atoms with E-state index in [1.54, 1.807) is 0 Å². The largest absolute Gasteiger partial charge is 0.312 e. The molecule has 0 saturated heterocycles. The molecular weight excluding hydrogens is 388 g/mol. The third-order valence-electron chi connectivity index (χ3n) is 4.84. The molecule has 0 saturated carbocycles. The molecule has 10 heteroatoms. The van der Waals surface area contributed by atoms with Gasteiger partial charge in [0.15, 0.2) is 5.82 Å². The molecule has 1 aliphatic heterocycles. The first-order chi connectivity index (χ1) is 13.1. The Bertz CT molecular complexity index is 945. The van der Waals surface area contributed by atoms with Gasteiger partial charge in [-0.15, -0.1) is 10.2 Å². The minimum atomic E-state index is -3.40. The lowest BCUT2D eigenvalue weighted by molar-refractivity contribution is 0.265. The summed E-state index contributed by atoms with van der Waals surface area (Å²) in [5.41, 5.74) is 0.443. The zero-order chi connectivity index (χ0) is 20.5. The van der Waals surface area contributed by atoms with E-state index in [2.05, 4.69) is 19.8 Å². The molecule has 7 nitrogen and oxygen atoms in total. The normalized spacial score (nSPS) is 16.8. The highest BCUT2D eigenvalue weighted by Crippen LogP contribution is 2.23. The molecule has 1 aromatic carbocycles. The van der Waals surface area contributed by atoms with Crippen LogP contribution < -0.4 is 4.72 Å². The Kier molecular flexibility index (Phi) is 6.11. The molecule has 0 spiro atoms. The Morgan fingerprint density at radius 1 is 1.18 bits per heavy atom. The van der Waals surface area contributed by atoms with Crippen molar-refractivity contribution in [2.24, 2.45) is 5.92 Å². The molecule has 2 aromatic rings. The number of hydrogen-bond acceptors (Lipinski definition) is 5. The molecule has 0 amide bonds. The fourth-order valence-corrected chi connectivity index (χ4v) is 4.22. The predicted molar refractivity (Wildman–Crippen MR) is 101 cm³/mol. The average molecular weight is 413 g/mol. The van der Waals surface area contributed by atoms with Gasteiger partial charge in [0.05, 0.1) is 12.3 Å². The van der Waals surface area contributed by atoms with E-state index in [1.165, 1.54) is 12.1 Å². The van der Waals surface area contributed by atoms with Crippen molar-refractivity contribution in [1.82, 2.24) is 24.4 Å². The average Bonchev–Trinajstić information content (AvgIpc) is 2.88. The molecule has 2 heterocycles. The van der Waals surface area contributed by atoms with Gasteiger partial charge in [0.2, 0.25) is 10.0 Å². The number of aromatic nitrogens is 3. The Balaban J connectivity index is 1.77. The van der Waals surface area contributed by atoms with E-state index < -0.39 is 27.7 Å². The fraction of sp³-hybridized carbons (Fsp3) is 0.556. The first kappa shape index (κ1) is 20.8. The Labute approximate surface area is 163 Å². The van der Waals surface area contributed by atoms with Crippen LogP contribution in [0.5, 0.6) is 0 Å². The number of nitrogens with zero attached hydrogens (tertiary/aromatic N) is 4. The number of fused-ring (bicyclic) bond motifs is 1. The molecule has 1 aromatic heterocycles. The lowest BCUT2D eigenvalue weighted by Crippen LogP contribution is -2.33. The summed E-state index contributed by atoms with van der Waals surface area (Å²) in [6.07, 6.45) is 1.74. The minimum absolute atomic E-state index is 0.00399. The quantitative estimate of drug-likeness (QED) is 0.782. The number of halogens is 2. The lowest BCUT2D eigenvalue weighted by atomic mass is 10.1. The lowest BCUT2D eigenvalue weighted by Gasteiger charge is -2.22. The minimum Gasteiger partial charge on any atom is -0.312 e. The van der Waals surface area contributed by atoms with E-state index >= 15 is 0 Å². The zero-order valence-electron chi connectivity index (χ0n) is 16.2. The molecule has 1 N–H and O–H groups in total. The molecule has 0 fully saturated rings. The van der Waals surface area contributed by atoms with Gasteiger partial charge >= 0.3 is 0 Å². The van der Waals surface area contributed by atoms with Crippen LogP contribution in [0.25, 0.3) is 0 Å². The summed E-state index contributed by atoms with van der Waals surface area (Å²) in [6.45, 7) is 6.05.